The Labute approximate surface area is 248 Å². The first-order valence-corrected chi connectivity index (χ1v) is 16.3. The summed E-state index contributed by atoms with van der Waals surface area (Å²) in [6.07, 6.45) is 7.81. The van der Waals surface area contributed by atoms with Crippen molar-refractivity contribution >= 4 is 48.0 Å². The number of fused-ring (bicyclic) bond motifs is 1. The van der Waals surface area contributed by atoms with Gasteiger partial charge in [0.15, 0.2) is 5.71 Å². The van der Waals surface area contributed by atoms with E-state index in [4.69, 9.17) is 0 Å². The van der Waals surface area contributed by atoms with E-state index >= 15 is 0 Å². The van der Waals surface area contributed by atoms with Crippen LogP contribution in [-0.2, 0) is 20.2 Å². The Bertz CT molecular complexity index is 1790. The van der Waals surface area contributed by atoms with Crippen LogP contribution in [-0.4, -0.2) is 62.4 Å². The highest BCUT2D eigenvalue weighted by Crippen LogP contribution is 2.37. The number of anilines is 1. The molecule has 0 spiro atoms. The second kappa shape index (κ2) is 13.1. The second-order valence-electron chi connectivity index (χ2n) is 9.60. The number of hydrogen-bond donors (Lipinski definition) is 2. The van der Waals surface area contributed by atoms with Crippen LogP contribution in [0.5, 0.6) is 0 Å². The van der Waals surface area contributed by atoms with Gasteiger partial charge < -0.3 is 15.6 Å². The average Bonchev–Trinajstić information content (AvgIpc) is 2.94. The number of allylic oxidation sites excluding steroid dienone is 5. The van der Waals surface area contributed by atoms with E-state index in [-0.39, 0.29) is 11.0 Å². The molecule has 0 fully saturated rings. The van der Waals surface area contributed by atoms with E-state index in [1.165, 1.54) is 30.3 Å². The van der Waals surface area contributed by atoms with Crippen LogP contribution in [0.3, 0.4) is 0 Å². The maximum atomic E-state index is 12.2. The predicted octanol–water partition coefficient (Wildman–Crippen LogP) is 5.42. The van der Waals surface area contributed by atoms with Gasteiger partial charge in [-0.3, -0.25) is 4.55 Å². The van der Waals surface area contributed by atoms with Gasteiger partial charge >= 0.3 is 0 Å². The van der Waals surface area contributed by atoms with Gasteiger partial charge in [-0.25, -0.2) is 13.0 Å². The Balaban J connectivity index is 0.00000484. The Morgan fingerprint density at radius 1 is 0.810 bits per heavy atom. The van der Waals surface area contributed by atoms with Crippen LogP contribution >= 0.6 is 0 Å². The molecule has 0 radical (unpaired) electrons. The predicted molar refractivity (Wildman–Crippen MR) is 167 cm³/mol. The van der Waals surface area contributed by atoms with E-state index in [2.05, 4.69) is 37.2 Å². The SMILES string of the molecule is CCN(CC)c1ccc(C(=C2C=CC(=[N+](CC)CC)C=C2)c2cc(S(=O)(=O)[O-])cc3ccc(S(=O)(=O)O)cc23)cc1.N. The summed E-state index contributed by atoms with van der Waals surface area (Å²) < 4.78 is 72.7. The summed E-state index contributed by atoms with van der Waals surface area (Å²) in [4.78, 5) is 1.43. The molecule has 224 valence electrons. The minimum absolute atomic E-state index is 0. The van der Waals surface area contributed by atoms with Crippen LogP contribution in [0, 0.1) is 0 Å². The molecule has 1 aliphatic rings. The molecule has 4 rings (SSSR count). The standard InChI is InChI=1S/C31H34N2O6S2.H3N/c1-5-32(6-2)25-14-9-22(10-15-25)31(23-11-16-26(17-12-23)33(7-3)8-4)30-21-28(41(37,38)39)19-24-13-18-27(20-29(24)30)40(34,35)36;/h9-21H,5-8H2,1-4H3,(H-,34,35,36,37,38,39);1H3. The van der Waals surface area contributed by atoms with Crippen molar-refractivity contribution in [1.29, 1.82) is 0 Å². The topological polar surface area (TPSA) is 153 Å². The molecule has 0 aromatic heterocycles. The minimum Gasteiger partial charge on any atom is -0.744 e. The van der Waals surface area contributed by atoms with E-state index in [1.54, 1.807) is 0 Å². The second-order valence-corrected chi connectivity index (χ2v) is 12.4. The zero-order chi connectivity index (χ0) is 29.9. The molecule has 0 saturated heterocycles. The Morgan fingerprint density at radius 3 is 1.90 bits per heavy atom. The number of hydrogen-bond acceptors (Lipinski definition) is 7. The van der Waals surface area contributed by atoms with E-state index in [0.29, 0.717) is 21.9 Å². The largest absolute Gasteiger partial charge is 0.744 e. The summed E-state index contributed by atoms with van der Waals surface area (Å²) in [7, 11) is -9.39. The van der Waals surface area contributed by atoms with Crippen LogP contribution < -0.4 is 11.1 Å². The molecular weight excluding hydrogens is 574 g/mol. The minimum atomic E-state index is -4.85. The summed E-state index contributed by atoms with van der Waals surface area (Å²) in [6.45, 7) is 11.6. The Morgan fingerprint density at radius 2 is 1.40 bits per heavy atom. The summed E-state index contributed by atoms with van der Waals surface area (Å²) in [5.41, 5.74) is 4.50. The van der Waals surface area contributed by atoms with Crippen molar-refractivity contribution in [2.75, 3.05) is 31.1 Å². The normalized spacial score (nSPS) is 13.3. The van der Waals surface area contributed by atoms with E-state index in [0.717, 1.165) is 48.7 Å². The van der Waals surface area contributed by atoms with E-state index < -0.39 is 25.1 Å². The number of benzene rings is 3. The Hall–Kier alpha value is -3.61. The molecule has 0 saturated carbocycles. The van der Waals surface area contributed by atoms with Crippen LogP contribution in [0.2, 0.25) is 0 Å². The van der Waals surface area contributed by atoms with E-state index in [9.17, 15) is 25.9 Å². The quantitative estimate of drug-likeness (QED) is 0.240. The van der Waals surface area contributed by atoms with Gasteiger partial charge in [-0.15, -0.1) is 0 Å². The molecule has 11 heteroatoms. The highest BCUT2D eigenvalue weighted by molar-refractivity contribution is 7.86. The molecule has 0 unspecified atom stereocenters. The lowest BCUT2D eigenvalue weighted by Crippen LogP contribution is -2.21. The maximum Gasteiger partial charge on any atom is 0.294 e. The van der Waals surface area contributed by atoms with Crippen molar-refractivity contribution in [3.63, 3.8) is 0 Å². The van der Waals surface area contributed by atoms with Gasteiger partial charge in [0.1, 0.15) is 23.2 Å². The molecule has 0 aliphatic heterocycles. The maximum absolute atomic E-state index is 12.2. The van der Waals surface area contributed by atoms with Gasteiger partial charge in [-0.2, -0.15) is 8.42 Å². The highest BCUT2D eigenvalue weighted by Gasteiger charge is 2.20. The third kappa shape index (κ3) is 6.88. The zero-order valence-electron chi connectivity index (χ0n) is 24.2. The number of nitrogens with zero attached hydrogens (tertiary/aromatic N) is 2. The van der Waals surface area contributed by atoms with E-state index in [1.807, 2.05) is 48.6 Å². The van der Waals surface area contributed by atoms with Crippen LogP contribution in [0.4, 0.5) is 5.69 Å². The van der Waals surface area contributed by atoms with Gasteiger partial charge in [-0.1, -0.05) is 18.2 Å². The van der Waals surface area contributed by atoms with Crippen molar-refractivity contribution in [2.24, 2.45) is 0 Å². The van der Waals surface area contributed by atoms with Crippen molar-refractivity contribution in [3.05, 3.63) is 95.6 Å². The average molecular weight is 612 g/mol. The van der Waals surface area contributed by atoms with Crippen LogP contribution in [0.25, 0.3) is 16.3 Å². The lowest BCUT2D eigenvalue weighted by molar-refractivity contribution is -0.519. The Kier molecular flexibility index (Phi) is 10.3. The van der Waals surface area contributed by atoms with Gasteiger partial charge in [0.05, 0.1) is 9.79 Å². The van der Waals surface area contributed by atoms with Gasteiger partial charge in [0.25, 0.3) is 10.1 Å². The first-order valence-electron chi connectivity index (χ1n) is 13.5. The summed E-state index contributed by atoms with van der Waals surface area (Å²) in [6, 6.07) is 14.2. The summed E-state index contributed by atoms with van der Waals surface area (Å²) in [5.74, 6) is 0. The lowest BCUT2D eigenvalue weighted by atomic mass is 9.88. The van der Waals surface area contributed by atoms with Crippen molar-refractivity contribution in [3.8, 4) is 0 Å². The van der Waals surface area contributed by atoms with Crippen LogP contribution in [0.15, 0.2) is 94.3 Å². The molecule has 0 atom stereocenters. The summed E-state index contributed by atoms with van der Waals surface area (Å²) in [5, 5.41) is 0.726. The summed E-state index contributed by atoms with van der Waals surface area (Å²) >= 11 is 0. The molecule has 0 bridgehead atoms. The molecule has 0 amide bonds. The third-order valence-corrected chi connectivity index (χ3v) is 8.99. The fourth-order valence-corrected chi connectivity index (χ4v) is 6.19. The first kappa shape index (κ1) is 32.9. The highest BCUT2D eigenvalue weighted by atomic mass is 32.2. The zero-order valence-corrected chi connectivity index (χ0v) is 25.9. The van der Waals surface area contributed by atoms with Crippen LogP contribution in [0.1, 0.15) is 38.8 Å². The first-order chi connectivity index (χ1) is 19.4. The fourth-order valence-electron chi connectivity index (χ4n) is 5.15. The third-order valence-electron chi connectivity index (χ3n) is 7.32. The molecule has 1 aliphatic carbocycles. The van der Waals surface area contributed by atoms with Crippen molar-refractivity contribution in [1.82, 2.24) is 6.15 Å². The smallest absolute Gasteiger partial charge is 0.294 e. The number of rotatable bonds is 9. The molecule has 0 heterocycles. The molecular formula is C31H37N3O6S2. The van der Waals surface area contributed by atoms with Crippen molar-refractivity contribution < 1.29 is 30.5 Å². The van der Waals surface area contributed by atoms with Gasteiger partial charge in [0.2, 0.25) is 0 Å². The van der Waals surface area contributed by atoms with Gasteiger partial charge in [0, 0.05) is 30.9 Å². The molecule has 4 N–H and O–H groups in total. The fraction of sp³-hybridized carbons (Fsp3) is 0.258. The molecule has 42 heavy (non-hydrogen) atoms. The lowest BCUT2D eigenvalue weighted by Gasteiger charge is -2.22. The van der Waals surface area contributed by atoms with Crippen molar-refractivity contribution in [2.45, 2.75) is 37.5 Å². The molecule has 9 nitrogen and oxygen atoms in total. The van der Waals surface area contributed by atoms with Gasteiger partial charge in [-0.05, 0) is 109 Å². The monoisotopic (exact) mass is 611 g/mol. The molecule has 3 aromatic rings. The molecule has 3 aromatic carbocycles.